The topological polar surface area (TPSA) is 20.3 Å². The number of nitrogens with zero attached hydrogens (tertiary/aromatic N) is 1. The molecule has 0 bridgehead atoms. The average Bonchev–Trinajstić information content (AvgIpc) is 2.39. The van der Waals surface area contributed by atoms with Crippen molar-refractivity contribution in [2.45, 2.75) is 44.1 Å². The first-order valence-electron chi connectivity index (χ1n) is 7.00. The molecule has 2 rings (SSSR count). The molecule has 1 fully saturated rings. The van der Waals surface area contributed by atoms with Crippen molar-refractivity contribution in [3.63, 3.8) is 0 Å². The van der Waals surface area contributed by atoms with Crippen LogP contribution in [-0.4, -0.2) is 30.3 Å². The van der Waals surface area contributed by atoms with Crippen molar-refractivity contribution in [2.24, 2.45) is 0 Å². The molecule has 0 aromatic heterocycles. The summed E-state index contributed by atoms with van der Waals surface area (Å²) in [6.45, 7) is 0. The highest BCUT2D eigenvalue weighted by molar-refractivity contribution is 5.90. The van der Waals surface area contributed by atoms with Gasteiger partial charge in [-0.25, -0.2) is 4.39 Å². The molecule has 1 aliphatic carbocycles. The first-order valence-corrected chi connectivity index (χ1v) is 7.00. The number of hydrogen-bond acceptors (Lipinski definition) is 2. The van der Waals surface area contributed by atoms with Gasteiger partial charge in [-0.3, -0.25) is 9.69 Å². The molecule has 0 radical (unpaired) electrons. The van der Waals surface area contributed by atoms with Crippen molar-refractivity contribution in [1.29, 1.82) is 0 Å². The molecule has 0 unspecified atom stereocenters. The Labute approximate surface area is 114 Å². The second kappa shape index (κ2) is 5.83. The summed E-state index contributed by atoms with van der Waals surface area (Å²) >= 11 is 0. The fourth-order valence-electron chi connectivity index (χ4n) is 3.11. The normalized spacial score (nSPS) is 18.5. The molecular weight excluding hydrogens is 241 g/mol. The van der Waals surface area contributed by atoms with E-state index in [4.69, 9.17) is 0 Å². The summed E-state index contributed by atoms with van der Waals surface area (Å²) in [7, 11) is 3.96. The molecule has 1 aromatic carbocycles. The van der Waals surface area contributed by atoms with E-state index in [1.165, 1.54) is 18.6 Å². The molecule has 1 aromatic rings. The minimum atomic E-state index is -0.343. The van der Waals surface area contributed by atoms with Gasteiger partial charge in [0.2, 0.25) is 0 Å². The minimum absolute atomic E-state index is 0.225. The molecule has 0 heterocycles. The molecule has 1 saturated carbocycles. The molecule has 104 valence electrons. The van der Waals surface area contributed by atoms with Gasteiger partial charge in [0.25, 0.3) is 0 Å². The summed E-state index contributed by atoms with van der Waals surface area (Å²) in [4.78, 5) is 14.7. The molecule has 1 aliphatic rings. The van der Waals surface area contributed by atoms with Crippen molar-refractivity contribution in [1.82, 2.24) is 4.90 Å². The lowest BCUT2D eigenvalue weighted by Crippen LogP contribution is -2.53. The Hall–Kier alpha value is -1.22. The smallest absolute Gasteiger partial charge is 0.157 e. The maximum atomic E-state index is 13.2. The molecule has 3 heteroatoms. The van der Waals surface area contributed by atoms with E-state index in [9.17, 15) is 9.18 Å². The van der Waals surface area contributed by atoms with Crippen LogP contribution < -0.4 is 0 Å². The van der Waals surface area contributed by atoms with Crippen LogP contribution in [-0.2, 0) is 11.2 Å². The van der Waals surface area contributed by atoms with Crippen molar-refractivity contribution in [3.05, 3.63) is 35.6 Å². The number of halogens is 1. The first-order chi connectivity index (χ1) is 9.04. The molecule has 0 spiro atoms. The number of hydrogen-bond donors (Lipinski definition) is 0. The zero-order valence-electron chi connectivity index (χ0n) is 11.8. The van der Waals surface area contributed by atoms with Crippen LogP contribution in [0.4, 0.5) is 4.39 Å². The Kier molecular flexibility index (Phi) is 4.35. The largest absolute Gasteiger partial charge is 0.297 e. The maximum Gasteiger partial charge on any atom is 0.157 e. The summed E-state index contributed by atoms with van der Waals surface area (Å²) in [6.07, 6.45) is 5.60. The molecule has 2 nitrogen and oxygen atoms in total. The number of carbonyl (C=O) groups excluding carboxylic acids is 1. The maximum absolute atomic E-state index is 13.2. The summed E-state index contributed by atoms with van der Waals surface area (Å²) in [5, 5.41) is 0. The van der Waals surface area contributed by atoms with Crippen LogP contribution in [0.2, 0.25) is 0 Å². The highest BCUT2D eigenvalue weighted by atomic mass is 19.1. The van der Waals surface area contributed by atoms with Gasteiger partial charge in [-0.05, 0) is 44.6 Å². The van der Waals surface area contributed by atoms with Crippen LogP contribution >= 0.6 is 0 Å². The van der Waals surface area contributed by atoms with Gasteiger partial charge in [-0.15, -0.1) is 0 Å². The highest BCUT2D eigenvalue weighted by Gasteiger charge is 2.40. The lowest BCUT2D eigenvalue weighted by molar-refractivity contribution is -0.131. The molecule has 0 atom stereocenters. The number of benzene rings is 1. The second-order valence-electron chi connectivity index (χ2n) is 5.72. The van der Waals surface area contributed by atoms with Crippen LogP contribution in [0.3, 0.4) is 0 Å². The van der Waals surface area contributed by atoms with Crippen molar-refractivity contribution < 1.29 is 9.18 Å². The number of likely N-dealkylation sites (N-methyl/N-ethyl adjacent to an activating group) is 1. The molecular formula is C16H22FNO. The lowest BCUT2D eigenvalue weighted by atomic mass is 9.76. The lowest BCUT2D eigenvalue weighted by Gasteiger charge is -2.41. The van der Waals surface area contributed by atoms with E-state index in [0.29, 0.717) is 6.42 Å². The Morgan fingerprint density at radius 1 is 1.26 bits per heavy atom. The van der Waals surface area contributed by atoms with Crippen molar-refractivity contribution >= 4 is 5.78 Å². The monoisotopic (exact) mass is 263 g/mol. The van der Waals surface area contributed by atoms with Crippen LogP contribution in [0.15, 0.2) is 24.3 Å². The summed E-state index contributed by atoms with van der Waals surface area (Å²) in [6, 6.07) is 6.37. The summed E-state index contributed by atoms with van der Waals surface area (Å²) in [5.74, 6) is -0.0457. The second-order valence-corrected chi connectivity index (χ2v) is 5.72. The first kappa shape index (κ1) is 14.2. The Morgan fingerprint density at radius 3 is 2.53 bits per heavy atom. The molecule has 0 saturated heterocycles. The predicted octanol–water partition coefficient (Wildman–Crippen LogP) is 3.20. The van der Waals surface area contributed by atoms with Crippen molar-refractivity contribution in [2.75, 3.05) is 14.1 Å². The molecule has 0 aliphatic heterocycles. The molecule has 0 amide bonds. The van der Waals surface area contributed by atoms with E-state index >= 15 is 0 Å². The number of carbonyl (C=O) groups is 1. The predicted molar refractivity (Wildman–Crippen MR) is 74.6 cm³/mol. The Balaban J connectivity index is 2.16. The van der Waals surface area contributed by atoms with E-state index in [0.717, 1.165) is 31.2 Å². The molecule has 19 heavy (non-hydrogen) atoms. The number of rotatable bonds is 4. The van der Waals surface area contributed by atoms with E-state index in [-0.39, 0.29) is 17.1 Å². The summed E-state index contributed by atoms with van der Waals surface area (Å²) in [5.41, 5.74) is 0.432. The third-order valence-corrected chi connectivity index (χ3v) is 4.31. The van der Waals surface area contributed by atoms with Crippen LogP contribution in [0.25, 0.3) is 0 Å². The van der Waals surface area contributed by atoms with Gasteiger partial charge in [0.05, 0.1) is 5.54 Å². The van der Waals surface area contributed by atoms with E-state index in [1.54, 1.807) is 6.07 Å². The van der Waals surface area contributed by atoms with Crippen LogP contribution in [0.1, 0.15) is 37.7 Å². The van der Waals surface area contributed by atoms with E-state index in [2.05, 4.69) is 4.90 Å². The quantitative estimate of drug-likeness (QED) is 0.831. The Morgan fingerprint density at radius 2 is 1.95 bits per heavy atom. The number of ketones is 1. The Bertz CT molecular complexity index is 450. The average molecular weight is 263 g/mol. The van der Waals surface area contributed by atoms with Gasteiger partial charge in [-0.2, -0.15) is 0 Å². The zero-order valence-corrected chi connectivity index (χ0v) is 11.8. The van der Waals surface area contributed by atoms with Gasteiger partial charge in [-0.1, -0.05) is 31.4 Å². The van der Waals surface area contributed by atoms with Crippen LogP contribution in [0.5, 0.6) is 0 Å². The van der Waals surface area contributed by atoms with E-state index in [1.807, 2.05) is 20.2 Å². The SMILES string of the molecule is CN(C)C1(C(=O)Cc2cccc(F)c2)CCCCC1. The van der Waals surface area contributed by atoms with Gasteiger partial charge < -0.3 is 0 Å². The summed E-state index contributed by atoms with van der Waals surface area (Å²) < 4.78 is 13.2. The van der Waals surface area contributed by atoms with Gasteiger partial charge in [0.1, 0.15) is 5.82 Å². The third-order valence-electron chi connectivity index (χ3n) is 4.31. The van der Waals surface area contributed by atoms with Gasteiger partial charge >= 0.3 is 0 Å². The number of Topliss-reactive ketones (excluding diaryl/α,β-unsaturated/α-hetero) is 1. The standard InChI is InChI=1S/C16H22FNO/c1-18(2)16(9-4-3-5-10-16)15(19)12-13-7-6-8-14(17)11-13/h6-8,11H,3-5,9-10,12H2,1-2H3. The van der Waals surface area contributed by atoms with Crippen molar-refractivity contribution in [3.8, 4) is 0 Å². The third kappa shape index (κ3) is 3.03. The van der Waals surface area contributed by atoms with E-state index < -0.39 is 0 Å². The zero-order chi connectivity index (χ0) is 13.9. The van der Waals surface area contributed by atoms with Gasteiger partial charge in [0, 0.05) is 6.42 Å². The minimum Gasteiger partial charge on any atom is -0.297 e. The fourth-order valence-corrected chi connectivity index (χ4v) is 3.11. The fraction of sp³-hybridized carbons (Fsp3) is 0.562. The van der Waals surface area contributed by atoms with Crippen LogP contribution in [0, 0.1) is 5.82 Å². The molecule has 0 N–H and O–H groups in total. The highest BCUT2D eigenvalue weighted by Crippen LogP contribution is 2.34. The van der Waals surface area contributed by atoms with Gasteiger partial charge in [0.15, 0.2) is 5.78 Å².